The molecule has 1 fully saturated rings. The number of nitrogens with two attached hydrogens (primary N) is 1. The molecule has 0 saturated carbocycles. The van der Waals surface area contributed by atoms with E-state index in [0.717, 1.165) is 38.2 Å². The molecule has 3 N–H and O–H groups in total. The van der Waals surface area contributed by atoms with E-state index in [0.29, 0.717) is 34.4 Å². The third kappa shape index (κ3) is 5.46. The van der Waals surface area contributed by atoms with Gasteiger partial charge in [0.2, 0.25) is 0 Å². The van der Waals surface area contributed by atoms with Gasteiger partial charge in [0.05, 0.1) is 16.8 Å². The van der Waals surface area contributed by atoms with Crippen molar-refractivity contribution in [3.8, 4) is 34.0 Å². The first kappa shape index (κ1) is 24.1. The van der Waals surface area contributed by atoms with Gasteiger partial charge in [-0.3, -0.25) is 0 Å². The normalized spacial score (nSPS) is 14.7. The molecule has 4 aromatic rings. The highest BCUT2D eigenvalue weighted by Gasteiger charge is 2.16. The Kier molecular flexibility index (Phi) is 6.82. The minimum absolute atomic E-state index is 0.212. The predicted octanol–water partition coefficient (Wildman–Crippen LogP) is 3.72. The van der Waals surface area contributed by atoms with Gasteiger partial charge in [0.15, 0.2) is 27.1 Å². The fourth-order valence-electron chi connectivity index (χ4n) is 4.07. The number of benzene rings is 2. The number of hydrogen-bond donors (Lipinski definition) is 2. The Morgan fingerprint density at radius 1 is 1.00 bits per heavy atom. The van der Waals surface area contributed by atoms with Crippen LogP contribution in [0.5, 0.6) is 0 Å². The van der Waals surface area contributed by atoms with Gasteiger partial charge in [-0.1, -0.05) is 41.6 Å². The number of aromatic nitrogens is 3. The molecule has 3 heterocycles. The van der Waals surface area contributed by atoms with Crippen molar-refractivity contribution in [1.82, 2.24) is 20.4 Å². The van der Waals surface area contributed by atoms with Crippen LogP contribution in [0.15, 0.2) is 70.2 Å². The Morgan fingerprint density at radius 3 is 2.36 bits per heavy atom. The van der Waals surface area contributed by atoms with E-state index in [1.165, 1.54) is 24.0 Å². The largest absolute Gasteiger partial charge is 0.382 e. The van der Waals surface area contributed by atoms with Crippen LogP contribution in [0.25, 0.3) is 34.0 Å². The van der Waals surface area contributed by atoms with Crippen molar-refractivity contribution in [1.29, 1.82) is 0 Å². The maximum absolute atomic E-state index is 11.7. The molecule has 0 spiro atoms. The van der Waals surface area contributed by atoms with Crippen LogP contribution in [0.4, 0.5) is 5.82 Å². The van der Waals surface area contributed by atoms with E-state index in [9.17, 15) is 8.42 Å². The second kappa shape index (κ2) is 10.2. The predicted molar refractivity (Wildman–Crippen MR) is 137 cm³/mol. The summed E-state index contributed by atoms with van der Waals surface area (Å²) in [6.45, 7) is 2.44. The molecule has 10 heteroatoms. The zero-order valence-electron chi connectivity index (χ0n) is 19.8. The molecule has 9 nitrogen and oxygen atoms in total. The van der Waals surface area contributed by atoms with E-state index in [-0.39, 0.29) is 10.7 Å². The first-order valence-corrected chi connectivity index (χ1v) is 13.6. The second-order valence-electron chi connectivity index (χ2n) is 8.83. The maximum Gasteiger partial charge on any atom is 0.189 e. The SMILES string of the molecule is CS(=O)(=O)c1ccc(-c2cnc(N)c(-c3cc(-c4ccc(CNC5CCOCC5)cc4)no3)n2)cc1. The summed E-state index contributed by atoms with van der Waals surface area (Å²) in [5.41, 5.74) is 10.5. The highest BCUT2D eigenvalue weighted by molar-refractivity contribution is 7.90. The van der Waals surface area contributed by atoms with Gasteiger partial charge >= 0.3 is 0 Å². The molecule has 0 radical (unpaired) electrons. The molecular formula is C26H27N5O4S. The molecule has 1 saturated heterocycles. The van der Waals surface area contributed by atoms with Crippen molar-refractivity contribution in [2.24, 2.45) is 0 Å². The minimum Gasteiger partial charge on any atom is -0.382 e. The third-order valence-electron chi connectivity index (χ3n) is 6.19. The highest BCUT2D eigenvalue weighted by Crippen LogP contribution is 2.30. The summed E-state index contributed by atoms with van der Waals surface area (Å²) in [4.78, 5) is 9.09. The molecule has 0 amide bonds. The van der Waals surface area contributed by atoms with E-state index in [1.54, 1.807) is 24.4 Å². The van der Waals surface area contributed by atoms with E-state index >= 15 is 0 Å². The zero-order chi connectivity index (χ0) is 25.1. The molecule has 5 rings (SSSR count). The summed E-state index contributed by atoms with van der Waals surface area (Å²) in [7, 11) is -3.28. The summed E-state index contributed by atoms with van der Waals surface area (Å²) >= 11 is 0. The molecule has 2 aromatic heterocycles. The third-order valence-corrected chi connectivity index (χ3v) is 7.32. The van der Waals surface area contributed by atoms with Gasteiger partial charge in [-0.15, -0.1) is 0 Å². The van der Waals surface area contributed by atoms with Gasteiger partial charge in [0.25, 0.3) is 0 Å². The lowest BCUT2D eigenvalue weighted by Gasteiger charge is -2.23. The van der Waals surface area contributed by atoms with E-state index in [2.05, 4.69) is 32.6 Å². The Balaban J connectivity index is 1.32. The zero-order valence-corrected chi connectivity index (χ0v) is 20.7. The average molecular weight is 506 g/mol. The van der Waals surface area contributed by atoms with Crippen LogP contribution in [-0.4, -0.2) is 49.1 Å². The van der Waals surface area contributed by atoms with Gasteiger partial charge < -0.3 is 20.3 Å². The van der Waals surface area contributed by atoms with Crippen LogP contribution in [0.2, 0.25) is 0 Å². The van der Waals surface area contributed by atoms with Crippen LogP contribution < -0.4 is 11.1 Å². The van der Waals surface area contributed by atoms with Gasteiger partial charge in [-0.25, -0.2) is 18.4 Å². The van der Waals surface area contributed by atoms with Crippen molar-refractivity contribution in [3.63, 3.8) is 0 Å². The van der Waals surface area contributed by atoms with Gasteiger partial charge in [0, 0.05) is 49.2 Å². The van der Waals surface area contributed by atoms with Crippen molar-refractivity contribution in [3.05, 3.63) is 66.4 Å². The molecule has 1 aliphatic rings. The summed E-state index contributed by atoms with van der Waals surface area (Å²) in [5.74, 6) is 0.610. The summed E-state index contributed by atoms with van der Waals surface area (Å²) in [6, 6.07) is 16.9. The topological polar surface area (TPSA) is 133 Å². The first-order valence-electron chi connectivity index (χ1n) is 11.7. The Morgan fingerprint density at radius 2 is 1.67 bits per heavy atom. The van der Waals surface area contributed by atoms with Gasteiger partial charge in [-0.05, 0) is 30.5 Å². The van der Waals surface area contributed by atoms with Crippen LogP contribution >= 0.6 is 0 Å². The number of ether oxygens (including phenoxy) is 1. The Labute approximate surface area is 209 Å². The molecular weight excluding hydrogens is 478 g/mol. The van der Waals surface area contributed by atoms with Gasteiger partial charge in [-0.2, -0.15) is 0 Å². The average Bonchev–Trinajstić information content (AvgIpc) is 3.38. The summed E-state index contributed by atoms with van der Waals surface area (Å²) < 4.78 is 34.4. The van der Waals surface area contributed by atoms with Crippen LogP contribution in [0.1, 0.15) is 18.4 Å². The van der Waals surface area contributed by atoms with Crippen LogP contribution in [0, 0.1) is 0 Å². The standard InChI is InChI=1S/C26H27N5O4S/c1-36(32,33)21-8-6-19(7-9-21)23-16-29-26(27)25(30-23)24-14-22(31-35-24)18-4-2-17(3-5-18)15-28-20-10-12-34-13-11-20/h2-9,14,16,20,28H,10-13,15H2,1H3,(H2,27,29). The Bertz CT molecular complexity index is 1440. The van der Waals surface area contributed by atoms with Crippen LogP contribution in [-0.2, 0) is 21.1 Å². The summed E-state index contributed by atoms with van der Waals surface area (Å²) in [6.07, 6.45) is 4.79. The monoisotopic (exact) mass is 505 g/mol. The minimum atomic E-state index is -3.28. The molecule has 1 aliphatic heterocycles. The lowest BCUT2D eigenvalue weighted by molar-refractivity contribution is 0.0776. The van der Waals surface area contributed by atoms with E-state index in [4.69, 9.17) is 15.0 Å². The number of nitrogen functional groups attached to an aromatic ring is 1. The number of anilines is 1. The molecule has 0 atom stereocenters. The first-order chi connectivity index (χ1) is 17.4. The van der Waals surface area contributed by atoms with Gasteiger partial charge in [0.1, 0.15) is 5.69 Å². The number of hydrogen-bond acceptors (Lipinski definition) is 9. The number of nitrogens with zero attached hydrogens (tertiary/aromatic N) is 3. The number of sulfone groups is 1. The van der Waals surface area contributed by atoms with Crippen molar-refractivity contribution in [2.75, 3.05) is 25.2 Å². The lowest BCUT2D eigenvalue weighted by Crippen LogP contribution is -2.34. The molecule has 36 heavy (non-hydrogen) atoms. The molecule has 186 valence electrons. The van der Waals surface area contributed by atoms with E-state index < -0.39 is 9.84 Å². The Hall–Kier alpha value is -3.60. The smallest absolute Gasteiger partial charge is 0.189 e. The number of rotatable bonds is 7. The molecule has 0 aliphatic carbocycles. The molecule has 0 unspecified atom stereocenters. The maximum atomic E-state index is 11.7. The highest BCUT2D eigenvalue weighted by atomic mass is 32.2. The van der Waals surface area contributed by atoms with Crippen molar-refractivity contribution < 1.29 is 17.7 Å². The fraction of sp³-hybridized carbons (Fsp3) is 0.269. The van der Waals surface area contributed by atoms with Crippen LogP contribution in [0.3, 0.4) is 0 Å². The number of nitrogens with one attached hydrogen (secondary N) is 1. The molecule has 2 aromatic carbocycles. The summed E-state index contributed by atoms with van der Waals surface area (Å²) in [5, 5.41) is 7.78. The van der Waals surface area contributed by atoms with Crippen molar-refractivity contribution in [2.45, 2.75) is 30.3 Å². The molecule has 0 bridgehead atoms. The van der Waals surface area contributed by atoms with Crippen molar-refractivity contribution >= 4 is 15.7 Å². The second-order valence-corrected chi connectivity index (χ2v) is 10.8. The quantitative estimate of drug-likeness (QED) is 0.385. The lowest BCUT2D eigenvalue weighted by atomic mass is 10.1. The fourth-order valence-corrected chi connectivity index (χ4v) is 4.70. The van der Waals surface area contributed by atoms with E-state index in [1.807, 2.05) is 12.1 Å².